The van der Waals surface area contributed by atoms with Crippen molar-refractivity contribution in [2.45, 2.75) is 6.54 Å². The van der Waals surface area contributed by atoms with Gasteiger partial charge in [0.25, 0.3) is 0 Å². The van der Waals surface area contributed by atoms with Gasteiger partial charge in [-0.25, -0.2) is 4.98 Å². The van der Waals surface area contributed by atoms with E-state index in [4.69, 9.17) is 16.9 Å². The molecule has 0 bridgehead atoms. The summed E-state index contributed by atoms with van der Waals surface area (Å²) in [4.78, 5) is 5.04. The van der Waals surface area contributed by atoms with E-state index >= 15 is 0 Å². The lowest BCUT2D eigenvalue weighted by Crippen LogP contribution is -1.96. The van der Waals surface area contributed by atoms with Gasteiger partial charge in [-0.2, -0.15) is 5.26 Å². The van der Waals surface area contributed by atoms with Crippen molar-refractivity contribution >= 4 is 28.6 Å². The molecule has 1 aromatic carbocycles. The summed E-state index contributed by atoms with van der Waals surface area (Å²) in [5.74, 6) is 0. The predicted molar refractivity (Wildman–Crippen MR) is 65.6 cm³/mol. The second-order valence-corrected chi connectivity index (χ2v) is 4.82. The van der Waals surface area contributed by atoms with Crippen LogP contribution >= 0.6 is 22.9 Å². The van der Waals surface area contributed by atoms with Crippen LogP contribution in [0.5, 0.6) is 0 Å². The van der Waals surface area contributed by atoms with Gasteiger partial charge in [0.15, 0.2) is 4.47 Å². The minimum absolute atomic E-state index is 0.552. The number of benzene rings is 1. The molecule has 0 amide bonds. The second kappa shape index (κ2) is 4.97. The Morgan fingerprint density at radius 1 is 1.38 bits per heavy atom. The fourth-order valence-electron chi connectivity index (χ4n) is 1.22. The van der Waals surface area contributed by atoms with E-state index in [2.05, 4.69) is 16.4 Å². The summed E-state index contributed by atoms with van der Waals surface area (Å²) in [5, 5.41) is 11.9. The Labute approximate surface area is 102 Å². The van der Waals surface area contributed by atoms with Crippen LogP contribution in [0.2, 0.25) is 4.47 Å². The number of aromatic nitrogens is 1. The first-order valence-electron chi connectivity index (χ1n) is 4.62. The highest BCUT2D eigenvalue weighted by Gasteiger charge is 1.99. The molecule has 0 saturated carbocycles. The van der Waals surface area contributed by atoms with Gasteiger partial charge in [-0.15, -0.1) is 11.3 Å². The number of nitrogens with zero attached hydrogens (tertiary/aromatic N) is 2. The van der Waals surface area contributed by atoms with Crippen molar-refractivity contribution in [2.75, 3.05) is 5.32 Å². The summed E-state index contributed by atoms with van der Waals surface area (Å²) >= 11 is 7.18. The molecule has 0 aliphatic heterocycles. The minimum atomic E-state index is 0.552. The van der Waals surface area contributed by atoms with Gasteiger partial charge in [-0.3, -0.25) is 0 Å². The first-order valence-corrected chi connectivity index (χ1v) is 5.81. The van der Waals surface area contributed by atoms with Gasteiger partial charge >= 0.3 is 0 Å². The molecule has 2 aromatic rings. The molecule has 0 fully saturated rings. The van der Waals surface area contributed by atoms with Crippen LogP contribution in [0.1, 0.15) is 10.4 Å². The zero-order valence-corrected chi connectivity index (χ0v) is 9.85. The molecule has 80 valence electrons. The molecule has 1 aromatic heterocycles. The smallest absolute Gasteiger partial charge is 0.183 e. The number of hydrogen-bond donors (Lipinski definition) is 1. The molecule has 1 heterocycles. The molecule has 2 rings (SSSR count). The molecule has 16 heavy (non-hydrogen) atoms. The lowest BCUT2D eigenvalue weighted by molar-refractivity contribution is 1.17. The standard InChI is InChI=1S/C11H8ClN3S/c12-11-15-7-10(16-11)6-14-9-3-1-8(5-13)2-4-9/h1-4,7,14H,6H2. The van der Waals surface area contributed by atoms with Gasteiger partial charge in [0.05, 0.1) is 18.2 Å². The Balaban J connectivity index is 1.97. The maximum Gasteiger partial charge on any atom is 0.183 e. The molecule has 0 spiro atoms. The summed E-state index contributed by atoms with van der Waals surface area (Å²) in [6, 6.07) is 9.39. The molecule has 0 atom stereocenters. The Hall–Kier alpha value is -1.57. The van der Waals surface area contributed by atoms with Gasteiger partial charge in [-0.1, -0.05) is 11.6 Å². The van der Waals surface area contributed by atoms with Crippen LogP contribution < -0.4 is 5.32 Å². The van der Waals surface area contributed by atoms with Gasteiger partial charge in [0.1, 0.15) is 0 Å². The lowest BCUT2D eigenvalue weighted by atomic mass is 10.2. The van der Waals surface area contributed by atoms with Crippen LogP contribution in [0.3, 0.4) is 0 Å². The van der Waals surface area contributed by atoms with Crippen molar-refractivity contribution < 1.29 is 0 Å². The Bertz CT molecular complexity index is 513. The first-order chi connectivity index (χ1) is 7.78. The van der Waals surface area contributed by atoms with Gasteiger partial charge in [0.2, 0.25) is 0 Å². The van der Waals surface area contributed by atoms with Crippen LogP contribution in [0.15, 0.2) is 30.5 Å². The number of nitrogens with one attached hydrogen (secondary N) is 1. The minimum Gasteiger partial charge on any atom is -0.380 e. The normalized spacial score (nSPS) is 9.75. The SMILES string of the molecule is N#Cc1ccc(NCc2cnc(Cl)s2)cc1. The summed E-state index contributed by atoms with van der Waals surface area (Å²) < 4.78 is 0.552. The number of hydrogen-bond acceptors (Lipinski definition) is 4. The molecule has 0 aliphatic carbocycles. The predicted octanol–water partition coefficient (Wildman–Crippen LogP) is 3.28. The number of thiazole rings is 1. The third-order valence-electron chi connectivity index (χ3n) is 2.01. The number of rotatable bonds is 3. The quantitative estimate of drug-likeness (QED) is 0.908. The fourth-order valence-corrected chi connectivity index (χ4v) is 2.13. The molecule has 0 radical (unpaired) electrons. The molecular formula is C11H8ClN3S. The van der Waals surface area contributed by atoms with Crippen molar-refractivity contribution in [1.29, 1.82) is 5.26 Å². The highest BCUT2D eigenvalue weighted by Crippen LogP contribution is 2.19. The molecule has 5 heteroatoms. The van der Waals surface area contributed by atoms with E-state index in [1.165, 1.54) is 11.3 Å². The maximum absolute atomic E-state index is 8.65. The van der Waals surface area contributed by atoms with E-state index in [1.807, 2.05) is 12.1 Å². The number of halogens is 1. The van der Waals surface area contributed by atoms with Gasteiger partial charge < -0.3 is 5.32 Å². The third kappa shape index (κ3) is 2.72. The second-order valence-electron chi connectivity index (χ2n) is 3.12. The zero-order valence-electron chi connectivity index (χ0n) is 8.27. The Morgan fingerprint density at radius 3 is 2.69 bits per heavy atom. The Kier molecular flexibility index (Phi) is 3.40. The number of nitriles is 1. The summed E-state index contributed by atoms with van der Waals surface area (Å²) in [6.45, 7) is 0.691. The van der Waals surface area contributed by atoms with Crippen LogP contribution in [-0.2, 0) is 6.54 Å². The molecule has 0 aliphatic rings. The molecule has 0 unspecified atom stereocenters. The summed E-state index contributed by atoms with van der Waals surface area (Å²) in [6.07, 6.45) is 1.75. The van der Waals surface area contributed by atoms with E-state index in [1.54, 1.807) is 18.3 Å². The highest BCUT2D eigenvalue weighted by atomic mass is 35.5. The van der Waals surface area contributed by atoms with Gasteiger partial charge in [0, 0.05) is 16.8 Å². The maximum atomic E-state index is 8.65. The number of anilines is 1. The van der Waals surface area contributed by atoms with Crippen LogP contribution in [0.25, 0.3) is 0 Å². The summed E-state index contributed by atoms with van der Waals surface area (Å²) in [7, 11) is 0. The van der Waals surface area contributed by atoms with Crippen LogP contribution in [-0.4, -0.2) is 4.98 Å². The first kappa shape index (κ1) is 10.9. The van der Waals surface area contributed by atoms with Crippen LogP contribution in [0, 0.1) is 11.3 Å². The largest absolute Gasteiger partial charge is 0.380 e. The van der Waals surface area contributed by atoms with Crippen molar-refractivity contribution in [2.24, 2.45) is 0 Å². The van der Waals surface area contributed by atoms with Crippen molar-refractivity contribution in [1.82, 2.24) is 4.98 Å². The average molecular weight is 250 g/mol. The monoisotopic (exact) mass is 249 g/mol. The van der Waals surface area contributed by atoms with E-state index in [-0.39, 0.29) is 0 Å². The molecular weight excluding hydrogens is 242 g/mol. The molecule has 0 saturated heterocycles. The van der Waals surface area contributed by atoms with E-state index in [0.29, 0.717) is 16.6 Å². The van der Waals surface area contributed by atoms with E-state index < -0.39 is 0 Å². The molecule has 1 N–H and O–H groups in total. The fraction of sp³-hybridized carbons (Fsp3) is 0.0909. The molecule has 3 nitrogen and oxygen atoms in total. The lowest BCUT2D eigenvalue weighted by Gasteiger charge is -2.03. The van der Waals surface area contributed by atoms with Crippen molar-refractivity contribution in [3.63, 3.8) is 0 Å². The van der Waals surface area contributed by atoms with E-state index in [9.17, 15) is 0 Å². The topological polar surface area (TPSA) is 48.7 Å². The summed E-state index contributed by atoms with van der Waals surface area (Å²) in [5.41, 5.74) is 1.63. The van der Waals surface area contributed by atoms with Crippen molar-refractivity contribution in [3.8, 4) is 6.07 Å². The third-order valence-corrected chi connectivity index (χ3v) is 3.12. The van der Waals surface area contributed by atoms with Crippen LogP contribution in [0.4, 0.5) is 5.69 Å². The van der Waals surface area contributed by atoms with Crippen molar-refractivity contribution in [3.05, 3.63) is 45.4 Å². The van der Waals surface area contributed by atoms with Gasteiger partial charge in [-0.05, 0) is 24.3 Å². The average Bonchev–Trinajstić information content (AvgIpc) is 2.73. The van der Waals surface area contributed by atoms with E-state index in [0.717, 1.165) is 10.6 Å². The highest BCUT2D eigenvalue weighted by molar-refractivity contribution is 7.15. The Morgan fingerprint density at radius 2 is 2.12 bits per heavy atom. The zero-order chi connectivity index (χ0) is 11.4.